The fourth-order valence-corrected chi connectivity index (χ4v) is 3.43. The lowest BCUT2D eigenvalue weighted by Crippen LogP contribution is -2.34. The Balaban J connectivity index is 2.40. The number of rotatable bonds is 3. The molecule has 1 aliphatic carbocycles. The van der Waals surface area contributed by atoms with Gasteiger partial charge in [0, 0.05) is 24.5 Å². The molecule has 0 aromatic rings. The highest BCUT2D eigenvalue weighted by molar-refractivity contribution is 5.91. The minimum Gasteiger partial charge on any atom is -0.458 e. The average Bonchev–Trinajstić information content (AvgIpc) is 2.89. The van der Waals surface area contributed by atoms with E-state index in [1.54, 1.807) is 19.9 Å². The Hall–Kier alpha value is -2.63. The molecule has 4 atom stereocenters. The van der Waals surface area contributed by atoms with Crippen LogP contribution in [0.15, 0.2) is 47.6 Å². The molecular weight excluding hydrogens is 360 g/mol. The zero-order valence-corrected chi connectivity index (χ0v) is 16.9. The summed E-state index contributed by atoms with van der Waals surface area (Å²) in [6.07, 6.45) is 3.28. The topological polar surface area (TPSA) is 78.9 Å². The van der Waals surface area contributed by atoms with Gasteiger partial charge >= 0.3 is 17.9 Å². The Morgan fingerprint density at radius 3 is 2.54 bits per heavy atom. The van der Waals surface area contributed by atoms with Gasteiger partial charge < -0.3 is 14.2 Å². The third-order valence-electron chi connectivity index (χ3n) is 5.15. The van der Waals surface area contributed by atoms with Crippen LogP contribution >= 0.6 is 0 Å². The number of carbonyl (C=O) groups is 3. The number of hydrogen-bond acceptors (Lipinski definition) is 6. The van der Waals surface area contributed by atoms with Gasteiger partial charge in [-0.3, -0.25) is 4.79 Å². The Morgan fingerprint density at radius 2 is 1.93 bits per heavy atom. The standard InChI is InChI=1S/C22H28O6/c1-7-13(3)21(24)27-18-10-12(2)8-9-17(26-16(6)23)14(4)11-19-20(18)15(5)22(25)28-19/h7,10,17-20H,4-5,8-9,11H2,1-3,6H3/b12-10+,13-7+/t17-,18+,19-,20-/m0/s1. The highest BCUT2D eigenvalue weighted by Crippen LogP contribution is 2.37. The van der Waals surface area contributed by atoms with Gasteiger partial charge in [0.25, 0.3) is 0 Å². The molecule has 1 saturated heterocycles. The normalized spacial score (nSPS) is 30.6. The van der Waals surface area contributed by atoms with Crippen LogP contribution in [0.25, 0.3) is 0 Å². The summed E-state index contributed by atoms with van der Waals surface area (Å²) >= 11 is 0. The first kappa shape index (κ1) is 21.7. The fraction of sp³-hybridized carbons (Fsp3) is 0.500. The van der Waals surface area contributed by atoms with Crippen molar-refractivity contribution in [3.8, 4) is 0 Å². The highest BCUT2D eigenvalue weighted by Gasteiger charge is 2.45. The Morgan fingerprint density at radius 1 is 1.25 bits per heavy atom. The van der Waals surface area contributed by atoms with E-state index < -0.39 is 36.2 Å². The Bertz CT molecular complexity index is 757. The molecule has 0 unspecified atom stereocenters. The molecule has 28 heavy (non-hydrogen) atoms. The van der Waals surface area contributed by atoms with E-state index in [-0.39, 0.29) is 11.5 Å². The third-order valence-corrected chi connectivity index (χ3v) is 5.15. The van der Waals surface area contributed by atoms with Crippen LogP contribution in [0.3, 0.4) is 0 Å². The largest absolute Gasteiger partial charge is 0.458 e. The van der Waals surface area contributed by atoms with Crippen molar-refractivity contribution in [1.82, 2.24) is 0 Å². The molecule has 0 spiro atoms. The van der Waals surface area contributed by atoms with Crippen molar-refractivity contribution in [1.29, 1.82) is 0 Å². The molecule has 1 fully saturated rings. The van der Waals surface area contributed by atoms with E-state index in [9.17, 15) is 14.4 Å². The second-order valence-electron chi connectivity index (χ2n) is 7.35. The number of fused-ring (bicyclic) bond motifs is 1. The smallest absolute Gasteiger partial charge is 0.334 e. The zero-order chi connectivity index (χ0) is 21.0. The maximum absolute atomic E-state index is 12.4. The quantitative estimate of drug-likeness (QED) is 0.318. The first-order valence-electron chi connectivity index (χ1n) is 9.39. The number of ether oxygens (including phenoxy) is 3. The maximum Gasteiger partial charge on any atom is 0.334 e. The van der Waals surface area contributed by atoms with Crippen molar-refractivity contribution < 1.29 is 28.6 Å². The molecule has 152 valence electrons. The number of allylic oxidation sites excluding steroid dienone is 2. The van der Waals surface area contributed by atoms with Gasteiger partial charge in [0.1, 0.15) is 18.3 Å². The summed E-state index contributed by atoms with van der Waals surface area (Å²) < 4.78 is 16.6. The minimum absolute atomic E-state index is 0.266. The van der Waals surface area contributed by atoms with Crippen molar-refractivity contribution in [3.05, 3.63) is 47.6 Å². The molecule has 0 aromatic carbocycles. The fourth-order valence-electron chi connectivity index (χ4n) is 3.43. The van der Waals surface area contributed by atoms with Crippen molar-refractivity contribution in [3.63, 3.8) is 0 Å². The molecule has 0 amide bonds. The lowest BCUT2D eigenvalue weighted by molar-refractivity contribution is -0.148. The van der Waals surface area contributed by atoms with Gasteiger partial charge in [-0.05, 0) is 45.3 Å². The molecule has 6 nitrogen and oxygen atoms in total. The Kier molecular flexibility index (Phi) is 7.00. The molecule has 0 bridgehead atoms. The van der Waals surface area contributed by atoms with Crippen molar-refractivity contribution in [2.24, 2.45) is 5.92 Å². The van der Waals surface area contributed by atoms with Crippen LogP contribution in [-0.2, 0) is 28.6 Å². The van der Waals surface area contributed by atoms with Crippen LogP contribution in [0.1, 0.15) is 47.0 Å². The summed E-state index contributed by atoms with van der Waals surface area (Å²) in [6.45, 7) is 14.6. The predicted octanol–water partition coefficient (Wildman–Crippen LogP) is 3.58. The summed E-state index contributed by atoms with van der Waals surface area (Å²) in [6, 6.07) is 0. The molecule has 0 aromatic heterocycles. The number of hydrogen-bond donors (Lipinski definition) is 0. The van der Waals surface area contributed by atoms with Crippen LogP contribution < -0.4 is 0 Å². The molecule has 1 aliphatic heterocycles. The Labute approximate surface area is 165 Å². The van der Waals surface area contributed by atoms with E-state index in [0.29, 0.717) is 30.4 Å². The molecule has 6 heteroatoms. The van der Waals surface area contributed by atoms with E-state index >= 15 is 0 Å². The van der Waals surface area contributed by atoms with Crippen LogP contribution in [0.2, 0.25) is 0 Å². The first-order valence-corrected chi connectivity index (χ1v) is 9.39. The molecule has 2 aliphatic rings. The lowest BCUT2D eigenvalue weighted by Gasteiger charge is -2.29. The highest BCUT2D eigenvalue weighted by atomic mass is 16.6. The van der Waals surface area contributed by atoms with Gasteiger partial charge in [0.2, 0.25) is 0 Å². The van der Waals surface area contributed by atoms with Crippen molar-refractivity contribution in [2.45, 2.75) is 65.3 Å². The summed E-state index contributed by atoms with van der Waals surface area (Å²) in [7, 11) is 0. The van der Waals surface area contributed by atoms with Gasteiger partial charge in [-0.2, -0.15) is 0 Å². The van der Waals surface area contributed by atoms with Gasteiger partial charge in [-0.15, -0.1) is 0 Å². The van der Waals surface area contributed by atoms with Crippen LogP contribution in [-0.4, -0.2) is 36.2 Å². The average molecular weight is 388 g/mol. The van der Waals surface area contributed by atoms with Crippen molar-refractivity contribution >= 4 is 17.9 Å². The summed E-state index contributed by atoms with van der Waals surface area (Å²) in [5.74, 6) is -1.87. The zero-order valence-electron chi connectivity index (χ0n) is 16.9. The van der Waals surface area contributed by atoms with E-state index in [1.807, 2.05) is 13.0 Å². The van der Waals surface area contributed by atoms with Crippen LogP contribution in [0.5, 0.6) is 0 Å². The van der Waals surface area contributed by atoms with Crippen molar-refractivity contribution in [2.75, 3.05) is 0 Å². The third kappa shape index (κ3) is 5.00. The predicted molar refractivity (Wildman–Crippen MR) is 104 cm³/mol. The summed E-state index contributed by atoms with van der Waals surface area (Å²) in [4.78, 5) is 36.0. The van der Waals surface area contributed by atoms with Gasteiger partial charge in [0.05, 0.1) is 5.92 Å². The molecule has 0 N–H and O–H groups in total. The molecule has 2 rings (SSSR count). The molecular formula is C22H28O6. The lowest BCUT2D eigenvalue weighted by atomic mass is 9.84. The first-order chi connectivity index (χ1) is 13.1. The number of esters is 3. The van der Waals surface area contributed by atoms with E-state index in [4.69, 9.17) is 14.2 Å². The monoisotopic (exact) mass is 388 g/mol. The van der Waals surface area contributed by atoms with Crippen LogP contribution in [0.4, 0.5) is 0 Å². The summed E-state index contributed by atoms with van der Waals surface area (Å²) in [5.41, 5.74) is 2.36. The van der Waals surface area contributed by atoms with Gasteiger partial charge in [0.15, 0.2) is 0 Å². The summed E-state index contributed by atoms with van der Waals surface area (Å²) in [5, 5.41) is 0. The van der Waals surface area contributed by atoms with E-state index in [0.717, 1.165) is 5.57 Å². The SMILES string of the molecule is C=C1C(=O)O[C@H]2CC(=C)[C@@H](OC(C)=O)CC/C(C)=C/[C@@H](OC(=O)/C(C)=C/C)[C@H]12. The molecule has 1 heterocycles. The maximum atomic E-state index is 12.4. The van der Waals surface area contributed by atoms with Gasteiger partial charge in [-0.25, -0.2) is 9.59 Å². The minimum atomic E-state index is -0.676. The van der Waals surface area contributed by atoms with E-state index in [2.05, 4.69) is 13.2 Å². The molecule has 0 radical (unpaired) electrons. The van der Waals surface area contributed by atoms with E-state index in [1.165, 1.54) is 6.92 Å². The second-order valence-corrected chi connectivity index (χ2v) is 7.35. The molecule has 0 saturated carbocycles. The number of carbonyl (C=O) groups excluding carboxylic acids is 3. The second kappa shape index (κ2) is 9.04. The van der Waals surface area contributed by atoms with Gasteiger partial charge in [-0.1, -0.05) is 24.8 Å². The van der Waals surface area contributed by atoms with Crippen LogP contribution in [0, 0.1) is 5.92 Å².